The number of hydrogen-bond acceptors (Lipinski definition) is 5. The van der Waals surface area contributed by atoms with Crippen molar-refractivity contribution < 1.29 is 13.7 Å². The van der Waals surface area contributed by atoms with Crippen molar-refractivity contribution in [3.8, 4) is 11.3 Å². The average molecular weight is 431 g/mol. The lowest BCUT2D eigenvalue weighted by molar-refractivity contribution is -0.133. The zero-order valence-electron chi connectivity index (χ0n) is 19.4. The molecule has 1 amide bonds. The molecule has 0 atom stereocenters. The number of amides is 1. The Hall–Kier alpha value is -2.41. The number of carbonyl (C=O) groups is 1. The van der Waals surface area contributed by atoms with E-state index in [9.17, 15) is 9.18 Å². The summed E-state index contributed by atoms with van der Waals surface area (Å²) in [6.07, 6.45) is 1.35. The maximum atomic E-state index is 13.5. The van der Waals surface area contributed by atoms with Gasteiger partial charge >= 0.3 is 0 Å². The summed E-state index contributed by atoms with van der Waals surface area (Å²) in [6.45, 7) is 13.0. The van der Waals surface area contributed by atoms with Crippen molar-refractivity contribution in [3.05, 3.63) is 35.6 Å². The second-order valence-electron chi connectivity index (χ2n) is 9.66. The van der Waals surface area contributed by atoms with E-state index >= 15 is 0 Å². The molecule has 0 spiro atoms. The number of likely N-dealkylation sites (N-methyl/N-ethyl adjacent to an activating group) is 1. The van der Waals surface area contributed by atoms with Crippen molar-refractivity contribution in [1.29, 1.82) is 0 Å². The van der Waals surface area contributed by atoms with Crippen molar-refractivity contribution in [2.24, 2.45) is 5.41 Å². The highest BCUT2D eigenvalue weighted by Gasteiger charge is 2.28. The molecule has 1 aliphatic heterocycles. The molecule has 1 aromatic heterocycles. The largest absolute Gasteiger partial charge is 0.338 e. The fraction of sp³-hybridized carbons (Fsp3) is 0.583. The summed E-state index contributed by atoms with van der Waals surface area (Å²) < 4.78 is 19.3. The first-order valence-electron chi connectivity index (χ1n) is 11.1. The monoisotopic (exact) mass is 430 g/mol. The van der Waals surface area contributed by atoms with Crippen LogP contribution >= 0.6 is 0 Å². The highest BCUT2D eigenvalue weighted by atomic mass is 19.1. The van der Waals surface area contributed by atoms with Crippen molar-refractivity contribution in [1.82, 2.24) is 15.0 Å². The Kier molecular flexibility index (Phi) is 7.36. The second kappa shape index (κ2) is 9.81. The SMILES string of the molecule is CCCN(Cc1c(-c2ccc(F)cc2)noc1N1CCN(C)CC1)C(=O)CC(C)(C)C. The fourth-order valence-electron chi connectivity index (χ4n) is 3.85. The van der Waals surface area contributed by atoms with Crippen LogP contribution in [0.4, 0.5) is 10.3 Å². The van der Waals surface area contributed by atoms with E-state index in [1.165, 1.54) is 12.1 Å². The first-order valence-corrected chi connectivity index (χ1v) is 11.1. The number of hydrogen-bond donors (Lipinski definition) is 0. The third-order valence-electron chi connectivity index (χ3n) is 5.55. The van der Waals surface area contributed by atoms with Crippen LogP contribution in [0.15, 0.2) is 28.8 Å². The molecule has 0 radical (unpaired) electrons. The molecule has 3 rings (SSSR count). The van der Waals surface area contributed by atoms with Crippen LogP contribution in [0.2, 0.25) is 0 Å². The molecule has 0 unspecified atom stereocenters. The van der Waals surface area contributed by atoms with Crippen molar-refractivity contribution >= 4 is 11.8 Å². The number of aromatic nitrogens is 1. The molecule has 1 aliphatic rings. The number of nitrogens with zero attached hydrogens (tertiary/aromatic N) is 4. The van der Waals surface area contributed by atoms with Crippen LogP contribution in [0.5, 0.6) is 0 Å². The number of piperazine rings is 1. The minimum atomic E-state index is -0.291. The molecule has 1 fully saturated rings. The van der Waals surface area contributed by atoms with E-state index in [2.05, 4.69) is 49.7 Å². The smallest absolute Gasteiger partial charge is 0.232 e. The van der Waals surface area contributed by atoms with Gasteiger partial charge in [-0.05, 0) is 43.1 Å². The first-order chi connectivity index (χ1) is 14.7. The summed E-state index contributed by atoms with van der Waals surface area (Å²) in [5.41, 5.74) is 2.28. The van der Waals surface area contributed by atoms with E-state index in [1.54, 1.807) is 12.1 Å². The van der Waals surface area contributed by atoms with Gasteiger partial charge in [-0.15, -0.1) is 0 Å². The number of carbonyl (C=O) groups excluding carboxylic acids is 1. The average Bonchev–Trinajstić information content (AvgIpc) is 3.11. The van der Waals surface area contributed by atoms with Gasteiger partial charge in [0.05, 0.1) is 12.1 Å². The van der Waals surface area contributed by atoms with E-state index in [0.717, 1.165) is 49.6 Å². The summed E-state index contributed by atoms with van der Waals surface area (Å²) in [6, 6.07) is 6.28. The van der Waals surface area contributed by atoms with E-state index in [0.29, 0.717) is 25.2 Å². The van der Waals surface area contributed by atoms with Gasteiger partial charge in [-0.2, -0.15) is 0 Å². The van der Waals surface area contributed by atoms with Crippen LogP contribution in [0.3, 0.4) is 0 Å². The second-order valence-corrected chi connectivity index (χ2v) is 9.66. The van der Waals surface area contributed by atoms with Gasteiger partial charge in [0.1, 0.15) is 11.5 Å². The molecule has 7 heteroatoms. The first kappa shape index (κ1) is 23.3. The molecule has 1 aromatic carbocycles. The van der Waals surface area contributed by atoms with Gasteiger partial charge in [-0.3, -0.25) is 4.79 Å². The maximum absolute atomic E-state index is 13.5. The molecule has 2 aromatic rings. The Balaban J connectivity index is 1.96. The number of halogens is 1. The number of anilines is 1. The molecule has 2 heterocycles. The standard InChI is InChI=1S/C24H35FN4O2/c1-6-11-29(21(30)16-24(2,3)4)17-20-22(18-7-9-19(25)10-8-18)26-31-23(20)28-14-12-27(5)13-15-28/h7-10H,6,11-17H2,1-5H3. The molecule has 1 saturated heterocycles. The topological polar surface area (TPSA) is 52.8 Å². The van der Waals surface area contributed by atoms with Gasteiger partial charge in [0, 0.05) is 44.7 Å². The zero-order chi connectivity index (χ0) is 22.6. The summed E-state index contributed by atoms with van der Waals surface area (Å²) in [4.78, 5) is 19.5. The minimum absolute atomic E-state index is 0.0855. The van der Waals surface area contributed by atoms with E-state index in [1.807, 2.05) is 4.90 Å². The quantitative estimate of drug-likeness (QED) is 0.651. The van der Waals surface area contributed by atoms with Gasteiger partial charge < -0.3 is 19.2 Å². The number of rotatable bonds is 7. The van der Waals surface area contributed by atoms with Crippen LogP contribution in [-0.4, -0.2) is 60.6 Å². The molecule has 6 nitrogen and oxygen atoms in total. The Morgan fingerprint density at radius 2 is 1.81 bits per heavy atom. The van der Waals surface area contributed by atoms with Gasteiger partial charge in [0.15, 0.2) is 0 Å². The van der Waals surface area contributed by atoms with Gasteiger partial charge in [-0.1, -0.05) is 32.9 Å². The summed E-state index contributed by atoms with van der Waals surface area (Å²) in [5.74, 6) is 0.558. The molecule has 0 N–H and O–H groups in total. The summed E-state index contributed by atoms with van der Waals surface area (Å²) >= 11 is 0. The normalized spacial score (nSPS) is 15.4. The van der Waals surface area contributed by atoms with E-state index in [4.69, 9.17) is 4.52 Å². The van der Waals surface area contributed by atoms with Crippen molar-refractivity contribution in [3.63, 3.8) is 0 Å². The predicted molar refractivity (Wildman–Crippen MR) is 121 cm³/mol. The molecular formula is C24H35FN4O2. The van der Waals surface area contributed by atoms with Crippen LogP contribution in [0.1, 0.15) is 46.1 Å². The molecule has 0 aliphatic carbocycles. The molecular weight excluding hydrogens is 395 g/mol. The lowest BCUT2D eigenvalue weighted by atomic mass is 9.91. The van der Waals surface area contributed by atoms with Crippen molar-refractivity contribution in [2.75, 3.05) is 44.7 Å². The molecule has 0 bridgehead atoms. The maximum Gasteiger partial charge on any atom is 0.232 e. The van der Waals surface area contributed by atoms with Gasteiger partial charge in [0.2, 0.25) is 11.8 Å². The third kappa shape index (κ3) is 6.06. The zero-order valence-corrected chi connectivity index (χ0v) is 19.4. The Bertz CT molecular complexity index is 865. The van der Waals surface area contributed by atoms with Crippen LogP contribution in [0.25, 0.3) is 11.3 Å². The summed E-state index contributed by atoms with van der Waals surface area (Å²) in [5, 5.41) is 4.37. The minimum Gasteiger partial charge on any atom is -0.338 e. The molecule has 0 saturated carbocycles. The van der Waals surface area contributed by atoms with Crippen LogP contribution < -0.4 is 4.90 Å². The lowest BCUT2D eigenvalue weighted by Gasteiger charge is -2.33. The Labute approximate surface area is 185 Å². The molecule has 31 heavy (non-hydrogen) atoms. The lowest BCUT2D eigenvalue weighted by Crippen LogP contribution is -2.45. The third-order valence-corrected chi connectivity index (χ3v) is 5.55. The van der Waals surface area contributed by atoms with E-state index in [-0.39, 0.29) is 17.1 Å². The number of benzene rings is 1. The fourth-order valence-corrected chi connectivity index (χ4v) is 3.85. The van der Waals surface area contributed by atoms with Gasteiger partial charge in [0.25, 0.3) is 0 Å². The molecule has 170 valence electrons. The van der Waals surface area contributed by atoms with E-state index < -0.39 is 0 Å². The summed E-state index contributed by atoms with van der Waals surface area (Å²) in [7, 11) is 2.11. The van der Waals surface area contributed by atoms with Crippen molar-refractivity contribution in [2.45, 2.75) is 47.1 Å². The van der Waals surface area contributed by atoms with Crippen LogP contribution in [-0.2, 0) is 11.3 Å². The Morgan fingerprint density at radius 3 is 2.39 bits per heavy atom. The predicted octanol–water partition coefficient (Wildman–Crippen LogP) is 4.41. The highest BCUT2D eigenvalue weighted by Crippen LogP contribution is 2.34. The highest BCUT2D eigenvalue weighted by molar-refractivity contribution is 5.78. The Morgan fingerprint density at radius 1 is 1.16 bits per heavy atom. The van der Waals surface area contributed by atoms with Gasteiger partial charge in [-0.25, -0.2) is 4.39 Å². The van der Waals surface area contributed by atoms with Crippen LogP contribution in [0, 0.1) is 11.2 Å².